The first-order valence-corrected chi connectivity index (χ1v) is 7.41. The standard InChI is InChI=1S/C14H19NO4S/c1-5-19-13(17)11-9-7-6-8-10(11)12(16)15-20(18)14(2,3)4/h6-9H,5H2,1-4H3,(H,15,16)/t20-/m0/s1. The van der Waals surface area contributed by atoms with E-state index in [0.717, 1.165) is 0 Å². The van der Waals surface area contributed by atoms with Crippen LogP contribution in [0.2, 0.25) is 0 Å². The van der Waals surface area contributed by atoms with Crippen LogP contribution in [0.15, 0.2) is 24.3 Å². The number of hydrogen-bond acceptors (Lipinski definition) is 4. The molecule has 110 valence electrons. The van der Waals surface area contributed by atoms with E-state index >= 15 is 0 Å². The Labute approximate surface area is 121 Å². The fraction of sp³-hybridized carbons (Fsp3) is 0.429. The van der Waals surface area contributed by atoms with Gasteiger partial charge in [0, 0.05) is 0 Å². The summed E-state index contributed by atoms with van der Waals surface area (Å²) in [6.45, 7) is 7.17. The number of ether oxygens (including phenoxy) is 1. The van der Waals surface area contributed by atoms with Crippen LogP contribution in [0.3, 0.4) is 0 Å². The molecule has 0 unspecified atom stereocenters. The second-order valence-corrected chi connectivity index (χ2v) is 7.04. The van der Waals surface area contributed by atoms with Crippen LogP contribution < -0.4 is 4.72 Å². The van der Waals surface area contributed by atoms with Crippen molar-refractivity contribution < 1.29 is 18.5 Å². The third-order valence-corrected chi connectivity index (χ3v) is 3.89. The van der Waals surface area contributed by atoms with E-state index in [0.29, 0.717) is 0 Å². The summed E-state index contributed by atoms with van der Waals surface area (Å²) in [5.41, 5.74) is 0.321. The molecular formula is C14H19NO4S. The second kappa shape index (κ2) is 6.65. The van der Waals surface area contributed by atoms with E-state index in [1.54, 1.807) is 39.8 Å². The first-order valence-electron chi connectivity index (χ1n) is 6.26. The maximum Gasteiger partial charge on any atom is 0.338 e. The molecule has 1 aromatic carbocycles. The van der Waals surface area contributed by atoms with E-state index in [1.165, 1.54) is 12.1 Å². The molecule has 0 bridgehead atoms. The smallest absolute Gasteiger partial charge is 0.338 e. The van der Waals surface area contributed by atoms with E-state index in [9.17, 15) is 13.8 Å². The first kappa shape index (κ1) is 16.4. The number of hydrogen-bond donors (Lipinski definition) is 1. The molecule has 0 aliphatic rings. The van der Waals surface area contributed by atoms with Crippen LogP contribution in [0.4, 0.5) is 0 Å². The van der Waals surface area contributed by atoms with Crippen molar-refractivity contribution in [2.75, 3.05) is 6.61 Å². The van der Waals surface area contributed by atoms with Gasteiger partial charge in [0.1, 0.15) is 11.0 Å². The molecule has 0 fully saturated rings. The summed E-state index contributed by atoms with van der Waals surface area (Å²) in [4.78, 5) is 23.9. The molecular weight excluding hydrogens is 278 g/mol. The van der Waals surface area contributed by atoms with Crippen molar-refractivity contribution in [2.45, 2.75) is 32.4 Å². The highest BCUT2D eigenvalue weighted by Crippen LogP contribution is 2.13. The van der Waals surface area contributed by atoms with Crippen molar-refractivity contribution in [3.05, 3.63) is 35.4 Å². The van der Waals surface area contributed by atoms with E-state index < -0.39 is 27.6 Å². The lowest BCUT2D eigenvalue weighted by Gasteiger charge is -2.18. The summed E-state index contributed by atoms with van der Waals surface area (Å²) in [5, 5.41) is 0. The van der Waals surface area contributed by atoms with Gasteiger partial charge >= 0.3 is 5.97 Å². The van der Waals surface area contributed by atoms with Gasteiger partial charge in [-0.3, -0.25) is 9.52 Å². The van der Waals surface area contributed by atoms with Crippen LogP contribution in [0, 0.1) is 0 Å². The van der Waals surface area contributed by atoms with Crippen molar-refractivity contribution in [3.8, 4) is 0 Å². The molecule has 1 rings (SSSR count). The average Bonchev–Trinajstić information content (AvgIpc) is 2.37. The van der Waals surface area contributed by atoms with Crippen molar-refractivity contribution in [1.82, 2.24) is 4.72 Å². The zero-order chi connectivity index (χ0) is 15.3. The Bertz CT molecular complexity index is 534. The number of nitrogens with one attached hydrogen (secondary N) is 1. The highest BCUT2D eigenvalue weighted by molar-refractivity contribution is 7.85. The summed E-state index contributed by atoms with van der Waals surface area (Å²) in [6, 6.07) is 6.29. The van der Waals surface area contributed by atoms with Crippen LogP contribution in [0.5, 0.6) is 0 Å². The molecule has 0 spiro atoms. The zero-order valence-electron chi connectivity index (χ0n) is 12.1. The topological polar surface area (TPSA) is 72.5 Å². The monoisotopic (exact) mass is 297 g/mol. The van der Waals surface area contributed by atoms with Crippen LogP contribution >= 0.6 is 0 Å². The quantitative estimate of drug-likeness (QED) is 0.863. The summed E-state index contributed by atoms with van der Waals surface area (Å²) in [6.07, 6.45) is 0. The Hall–Kier alpha value is -1.69. The molecule has 0 saturated heterocycles. The number of esters is 1. The van der Waals surface area contributed by atoms with E-state index in [1.807, 2.05) is 0 Å². The molecule has 6 heteroatoms. The third kappa shape index (κ3) is 4.16. The first-order chi connectivity index (χ1) is 9.27. The summed E-state index contributed by atoms with van der Waals surface area (Å²) >= 11 is 0. The van der Waals surface area contributed by atoms with Crippen LogP contribution in [0.25, 0.3) is 0 Å². The maximum atomic E-state index is 12.1. The van der Waals surface area contributed by atoms with Gasteiger partial charge in [-0.25, -0.2) is 9.00 Å². The zero-order valence-corrected chi connectivity index (χ0v) is 12.9. The molecule has 1 aromatic rings. The van der Waals surface area contributed by atoms with Gasteiger partial charge in [0.2, 0.25) is 0 Å². The van der Waals surface area contributed by atoms with Crippen molar-refractivity contribution in [3.63, 3.8) is 0 Å². The normalized spacial score (nSPS) is 12.6. The minimum atomic E-state index is -1.54. The van der Waals surface area contributed by atoms with E-state index in [2.05, 4.69) is 4.72 Å². The predicted molar refractivity (Wildman–Crippen MR) is 77.8 cm³/mol. The van der Waals surface area contributed by atoms with Crippen LogP contribution in [-0.4, -0.2) is 27.4 Å². The number of benzene rings is 1. The van der Waals surface area contributed by atoms with Crippen molar-refractivity contribution in [2.24, 2.45) is 0 Å². The van der Waals surface area contributed by atoms with Gasteiger partial charge in [0.05, 0.1) is 22.5 Å². The fourth-order valence-electron chi connectivity index (χ4n) is 1.36. The highest BCUT2D eigenvalue weighted by atomic mass is 32.2. The van der Waals surface area contributed by atoms with Gasteiger partial charge in [0.15, 0.2) is 0 Å². The third-order valence-electron chi connectivity index (χ3n) is 2.41. The van der Waals surface area contributed by atoms with Gasteiger partial charge in [-0.05, 0) is 39.8 Å². The van der Waals surface area contributed by atoms with Crippen LogP contribution in [-0.2, 0) is 15.7 Å². The minimum Gasteiger partial charge on any atom is -0.462 e. The van der Waals surface area contributed by atoms with E-state index in [-0.39, 0.29) is 17.7 Å². The molecule has 5 nitrogen and oxygen atoms in total. The molecule has 0 radical (unpaired) electrons. The SMILES string of the molecule is CCOC(=O)c1ccccc1C(=O)N[S@@](=O)C(C)(C)C. The number of rotatable bonds is 4. The van der Waals surface area contributed by atoms with Gasteiger partial charge in [-0.2, -0.15) is 0 Å². The molecule has 0 saturated carbocycles. The maximum absolute atomic E-state index is 12.1. The largest absolute Gasteiger partial charge is 0.462 e. The summed E-state index contributed by atoms with van der Waals surface area (Å²) in [7, 11) is -1.54. The van der Waals surface area contributed by atoms with Gasteiger partial charge in [-0.15, -0.1) is 0 Å². The fourth-order valence-corrected chi connectivity index (χ4v) is 1.94. The molecule has 1 N–H and O–H groups in total. The Kier molecular flexibility index (Phi) is 5.44. The second-order valence-electron chi connectivity index (χ2n) is 5.08. The summed E-state index contributed by atoms with van der Waals surface area (Å²) in [5.74, 6) is -1.12. The van der Waals surface area contributed by atoms with Crippen molar-refractivity contribution >= 4 is 22.9 Å². The van der Waals surface area contributed by atoms with Crippen molar-refractivity contribution in [1.29, 1.82) is 0 Å². The molecule has 1 atom stereocenters. The number of amides is 1. The highest BCUT2D eigenvalue weighted by Gasteiger charge is 2.24. The Balaban J connectivity index is 2.99. The lowest BCUT2D eigenvalue weighted by molar-refractivity contribution is 0.0523. The van der Waals surface area contributed by atoms with Gasteiger partial charge in [-0.1, -0.05) is 12.1 Å². The lowest BCUT2D eigenvalue weighted by atomic mass is 10.1. The molecule has 0 aliphatic heterocycles. The molecule has 1 amide bonds. The van der Waals surface area contributed by atoms with Crippen LogP contribution in [0.1, 0.15) is 48.4 Å². The average molecular weight is 297 g/mol. The van der Waals surface area contributed by atoms with Gasteiger partial charge < -0.3 is 4.74 Å². The Morgan fingerprint density at radius 1 is 1.20 bits per heavy atom. The predicted octanol–water partition coefficient (Wildman–Crippen LogP) is 2.06. The Morgan fingerprint density at radius 3 is 2.25 bits per heavy atom. The molecule has 0 aliphatic carbocycles. The van der Waals surface area contributed by atoms with E-state index in [4.69, 9.17) is 4.74 Å². The molecule has 0 aromatic heterocycles. The van der Waals surface area contributed by atoms with Gasteiger partial charge in [0.25, 0.3) is 5.91 Å². The lowest BCUT2D eigenvalue weighted by Crippen LogP contribution is -2.37. The number of carbonyl (C=O) groups excluding carboxylic acids is 2. The molecule has 0 heterocycles. The Morgan fingerprint density at radius 2 is 1.75 bits per heavy atom. The minimum absolute atomic E-state index is 0.156. The molecule has 20 heavy (non-hydrogen) atoms. The summed E-state index contributed by atoms with van der Waals surface area (Å²) < 4.78 is 18.6. The number of carbonyl (C=O) groups is 2.